The Hall–Kier alpha value is -0.530. The SMILES string of the molecule is CCC(=O)O[C@H]1CCCC[C@H]1[C@@H](C)CC. The number of ether oxygens (including phenoxy) is 1. The van der Waals surface area contributed by atoms with E-state index in [0.717, 1.165) is 6.42 Å². The third-order valence-corrected chi connectivity index (χ3v) is 3.70. The van der Waals surface area contributed by atoms with Gasteiger partial charge in [-0.2, -0.15) is 0 Å². The number of hydrogen-bond donors (Lipinski definition) is 0. The first-order valence-corrected chi connectivity index (χ1v) is 6.38. The van der Waals surface area contributed by atoms with Crippen LogP contribution in [0.15, 0.2) is 0 Å². The summed E-state index contributed by atoms with van der Waals surface area (Å²) in [7, 11) is 0. The summed E-state index contributed by atoms with van der Waals surface area (Å²) in [6, 6.07) is 0. The summed E-state index contributed by atoms with van der Waals surface area (Å²) in [5.74, 6) is 1.24. The normalized spacial score (nSPS) is 28.5. The van der Waals surface area contributed by atoms with E-state index in [1.165, 1.54) is 25.7 Å². The molecule has 1 fully saturated rings. The van der Waals surface area contributed by atoms with E-state index >= 15 is 0 Å². The van der Waals surface area contributed by atoms with Crippen LogP contribution in [-0.2, 0) is 9.53 Å². The molecule has 3 atom stereocenters. The summed E-state index contributed by atoms with van der Waals surface area (Å²) >= 11 is 0. The second-order valence-corrected chi connectivity index (χ2v) is 4.72. The zero-order valence-corrected chi connectivity index (χ0v) is 10.3. The highest BCUT2D eigenvalue weighted by Crippen LogP contribution is 2.33. The molecule has 0 unspecified atom stereocenters. The summed E-state index contributed by atoms with van der Waals surface area (Å²) < 4.78 is 5.54. The molecule has 0 heterocycles. The molecule has 1 aliphatic carbocycles. The molecule has 1 aliphatic rings. The molecule has 0 aromatic rings. The van der Waals surface area contributed by atoms with Gasteiger partial charge < -0.3 is 4.74 Å². The fraction of sp³-hybridized carbons (Fsp3) is 0.923. The Bertz CT molecular complexity index is 201. The molecular formula is C13H24O2. The Balaban J connectivity index is 2.53. The van der Waals surface area contributed by atoms with E-state index in [1.807, 2.05) is 6.92 Å². The zero-order valence-electron chi connectivity index (χ0n) is 10.3. The fourth-order valence-electron chi connectivity index (χ4n) is 2.48. The van der Waals surface area contributed by atoms with Crippen molar-refractivity contribution >= 4 is 5.97 Å². The second kappa shape index (κ2) is 6.14. The van der Waals surface area contributed by atoms with Crippen LogP contribution in [0.3, 0.4) is 0 Å². The van der Waals surface area contributed by atoms with Crippen molar-refractivity contribution in [1.29, 1.82) is 0 Å². The Morgan fingerprint density at radius 1 is 1.33 bits per heavy atom. The Labute approximate surface area is 93.4 Å². The van der Waals surface area contributed by atoms with E-state index in [0.29, 0.717) is 18.3 Å². The summed E-state index contributed by atoms with van der Waals surface area (Å²) in [6.45, 7) is 6.37. The maximum atomic E-state index is 11.3. The van der Waals surface area contributed by atoms with E-state index in [1.54, 1.807) is 0 Å². The Kier molecular flexibility index (Phi) is 5.13. The lowest BCUT2D eigenvalue weighted by Gasteiger charge is -2.34. The summed E-state index contributed by atoms with van der Waals surface area (Å²) in [6.07, 6.45) is 6.71. The van der Waals surface area contributed by atoms with Crippen molar-refractivity contribution in [2.45, 2.75) is 65.4 Å². The predicted octanol–water partition coefficient (Wildman–Crippen LogP) is 3.54. The van der Waals surface area contributed by atoms with Crippen molar-refractivity contribution in [3.05, 3.63) is 0 Å². The van der Waals surface area contributed by atoms with Gasteiger partial charge in [0, 0.05) is 6.42 Å². The van der Waals surface area contributed by atoms with Crippen LogP contribution in [-0.4, -0.2) is 12.1 Å². The molecule has 2 nitrogen and oxygen atoms in total. The topological polar surface area (TPSA) is 26.3 Å². The average Bonchev–Trinajstić information content (AvgIpc) is 2.28. The molecule has 0 aromatic carbocycles. The maximum Gasteiger partial charge on any atom is 0.305 e. The first-order chi connectivity index (χ1) is 7.19. The van der Waals surface area contributed by atoms with Gasteiger partial charge in [-0.15, -0.1) is 0 Å². The van der Waals surface area contributed by atoms with Crippen molar-refractivity contribution in [3.63, 3.8) is 0 Å². The fourth-order valence-corrected chi connectivity index (χ4v) is 2.48. The first-order valence-electron chi connectivity index (χ1n) is 6.38. The van der Waals surface area contributed by atoms with E-state index in [9.17, 15) is 4.79 Å². The minimum absolute atomic E-state index is 0.0322. The van der Waals surface area contributed by atoms with Crippen LogP contribution in [0.1, 0.15) is 59.3 Å². The highest BCUT2D eigenvalue weighted by molar-refractivity contribution is 5.69. The predicted molar refractivity (Wildman–Crippen MR) is 61.6 cm³/mol. The van der Waals surface area contributed by atoms with Gasteiger partial charge in [0.1, 0.15) is 6.10 Å². The standard InChI is InChI=1S/C13H24O2/c1-4-10(3)11-8-6-7-9-12(11)15-13(14)5-2/h10-12H,4-9H2,1-3H3/t10-,11-,12-/m0/s1. The van der Waals surface area contributed by atoms with Gasteiger partial charge in [-0.25, -0.2) is 0 Å². The van der Waals surface area contributed by atoms with Crippen molar-refractivity contribution in [2.24, 2.45) is 11.8 Å². The number of rotatable bonds is 4. The molecule has 0 N–H and O–H groups in total. The summed E-state index contributed by atoms with van der Waals surface area (Å²) in [5.41, 5.74) is 0. The second-order valence-electron chi connectivity index (χ2n) is 4.72. The minimum Gasteiger partial charge on any atom is -0.462 e. The van der Waals surface area contributed by atoms with Crippen molar-refractivity contribution in [2.75, 3.05) is 0 Å². The van der Waals surface area contributed by atoms with Gasteiger partial charge in [0.2, 0.25) is 0 Å². The smallest absolute Gasteiger partial charge is 0.305 e. The minimum atomic E-state index is -0.0322. The summed E-state index contributed by atoms with van der Waals surface area (Å²) in [4.78, 5) is 11.3. The van der Waals surface area contributed by atoms with E-state index in [-0.39, 0.29) is 12.1 Å². The highest BCUT2D eigenvalue weighted by atomic mass is 16.5. The molecule has 1 rings (SSSR count). The summed E-state index contributed by atoms with van der Waals surface area (Å²) in [5, 5.41) is 0. The van der Waals surface area contributed by atoms with Gasteiger partial charge in [-0.05, 0) is 31.1 Å². The lowest BCUT2D eigenvalue weighted by Crippen LogP contribution is -2.33. The van der Waals surface area contributed by atoms with Gasteiger partial charge in [0.15, 0.2) is 0 Å². The number of carbonyl (C=O) groups is 1. The molecule has 2 heteroatoms. The third-order valence-electron chi connectivity index (χ3n) is 3.70. The zero-order chi connectivity index (χ0) is 11.3. The van der Waals surface area contributed by atoms with Gasteiger partial charge >= 0.3 is 5.97 Å². The van der Waals surface area contributed by atoms with E-state index in [2.05, 4.69) is 13.8 Å². The lowest BCUT2D eigenvalue weighted by molar-refractivity contribution is -0.154. The van der Waals surface area contributed by atoms with Crippen LogP contribution in [0.4, 0.5) is 0 Å². The average molecular weight is 212 g/mol. The quantitative estimate of drug-likeness (QED) is 0.666. The molecule has 15 heavy (non-hydrogen) atoms. The van der Waals surface area contributed by atoms with Crippen molar-refractivity contribution in [3.8, 4) is 0 Å². The molecule has 0 aliphatic heterocycles. The van der Waals surface area contributed by atoms with Crippen LogP contribution in [0, 0.1) is 11.8 Å². The first kappa shape index (κ1) is 12.5. The maximum absolute atomic E-state index is 11.3. The Morgan fingerprint density at radius 3 is 2.60 bits per heavy atom. The number of esters is 1. The van der Waals surface area contributed by atoms with Crippen LogP contribution in [0.2, 0.25) is 0 Å². The molecular weight excluding hydrogens is 188 g/mol. The van der Waals surface area contributed by atoms with Crippen LogP contribution in [0.25, 0.3) is 0 Å². The molecule has 0 bridgehead atoms. The molecule has 88 valence electrons. The van der Waals surface area contributed by atoms with Gasteiger partial charge in [-0.3, -0.25) is 4.79 Å². The van der Waals surface area contributed by atoms with Gasteiger partial charge in [-0.1, -0.05) is 33.6 Å². The van der Waals surface area contributed by atoms with Crippen LogP contribution < -0.4 is 0 Å². The van der Waals surface area contributed by atoms with Crippen LogP contribution >= 0.6 is 0 Å². The van der Waals surface area contributed by atoms with Crippen molar-refractivity contribution < 1.29 is 9.53 Å². The van der Waals surface area contributed by atoms with Gasteiger partial charge in [0.25, 0.3) is 0 Å². The molecule has 0 spiro atoms. The lowest BCUT2D eigenvalue weighted by atomic mass is 9.77. The number of carbonyl (C=O) groups excluding carboxylic acids is 1. The molecule has 0 radical (unpaired) electrons. The van der Waals surface area contributed by atoms with Crippen molar-refractivity contribution in [1.82, 2.24) is 0 Å². The van der Waals surface area contributed by atoms with E-state index in [4.69, 9.17) is 4.74 Å². The van der Waals surface area contributed by atoms with E-state index < -0.39 is 0 Å². The molecule has 0 aromatic heterocycles. The monoisotopic (exact) mass is 212 g/mol. The Morgan fingerprint density at radius 2 is 2.00 bits per heavy atom. The highest BCUT2D eigenvalue weighted by Gasteiger charge is 2.31. The molecule has 0 saturated heterocycles. The van der Waals surface area contributed by atoms with Gasteiger partial charge in [0.05, 0.1) is 0 Å². The number of hydrogen-bond acceptors (Lipinski definition) is 2. The van der Waals surface area contributed by atoms with Crippen LogP contribution in [0.5, 0.6) is 0 Å². The third kappa shape index (κ3) is 3.51. The molecule has 0 amide bonds. The largest absolute Gasteiger partial charge is 0.462 e. The molecule has 1 saturated carbocycles.